The summed E-state index contributed by atoms with van der Waals surface area (Å²) in [7, 11) is 1.59. The Morgan fingerprint density at radius 3 is 1.57 bits per heavy atom. The summed E-state index contributed by atoms with van der Waals surface area (Å²) < 4.78 is 5.12. The van der Waals surface area contributed by atoms with E-state index in [4.69, 9.17) is 4.74 Å². The minimum absolute atomic E-state index is 0.0588. The van der Waals surface area contributed by atoms with Crippen LogP contribution in [0.4, 0.5) is 0 Å². The summed E-state index contributed by atoms with van der Waals surface area (Å²) in [5.41, 5.74) is 2.20. The standard InChI is InChI=1S/C23H24N2O3/c1-23(2,3)17-9-5-15(6-10-17)13-19-21(26)25-20(22(27)24-19)14-16-7-11-18(28-4)12-8-16/h5-14H,1-4H3,(H,24,27)(H,25,26)/b19-13-,20-14-. The maximum atomic E-state index is 12.4. The molecule has 0 aliphatic rings. The van der Waals surface area contributed by atoms with Gasteiger partial charge in [-0.15, -0.1) is 0 Å². The monoisotopic (exact) mass is 376 g/mol. The molecule has 0 spiro atoms. The van der Waals surface area contributed by atoms with Crippen molar-refractivity contribution in [2.75, 3.05) is 7.11 Å². The maximum Gasteiger partial charge on any atom is 0.272 e. The van der Waals surface area contributed by atoms with Crippen LogP contribution in [0, 0.1) is 0 Å². The zero-order valence-electron chi connectivity index (χ0n) is 16.5. The molecular weight excluding hydrogens is 352 g/mol. The first-order chi connectivity index (χ1) is 13.3. The number of hydrogen-bond acceptors (Lipinski definition) is 3. The molecule has 0 atom stereocenters. The van der Waals surface area contributed by atoms with Crippen molar-refractivity contribution in [3.63, 3.8) is 0 Å². The summed E-state index contributed by atoms with van der Waals surface area (Å²) >= 11 is 0. The van der Waals surface area contributed by atoms with Gasteiger partial charge in [0.25, 0.3) is 11.1 Å². The molecule has 3 rings (SSSR count). The highest BCUT2D eigenvalue weighted by atomic mass is 16.5. The van der Waals surface area contributed by atoms with Gasteiger partial charge in [0.1, 0.15) is 16.4 Å². The molecule has 0 radical (unpaired) electrons. The number of hydrogen-bond donors (Lipinski definition) is 2. The topological polar surface area (TPSA) is 75.0 Å². The van der Waals surface area contributed by atoms with Crippen molar-refractivity contribution in [2.45, 2.75) is 26.2 Å². The van der Waals surface area contributed by atoms with E-state index in [1.807, 2.05) is 36.4 Å². The third-order valence-corrected chi connectivity index (χ3v) is 4.50. The maximum absolute atomic E-state index is 12.4. The summed E-state index contributed by atoms with van der Waals surface area (Å²) in [5, 5.41) is 0.427. The van der Waals surface area contributed by atoms with Crippen molar-refractivity contribution >= 4 is 12.2 Å². The van der Waals surface area contributed by atoms with Gasteiger partial charge in [-0.05, 0) is 46.4 Å². The van der Waals surface area contributed by atoms with Crippen molar-refractivity contribution in [3.05, 3.63) is 96.6 Å². The molecule has 0 unspecified atom stereocenters. The van der Waals surface area contributed by atoms with Crippen LogP contribution in [0.3, 0.4) is 0 Å². The molecule has 0 amide bonds. The number of nitrogens with one attached hydrogen (secondary N) is 2. The van der Waals surface area contributed by atoms with Crippen molar-refractivity contribution in [3.8, 4) is 5.75 Å². The zero-order chi connectivity index (χ0) is 20.3. The number of ether oxygens (including phenoxy) is 1. The molecule has 0 bridgehead atoms. The Morgan fingerprint density at radius 1 is 0.750 bits per heavy atom. The van der Waals surface area contributed by atoms with Crippen LogP contribution in [0.15, 0.2) is 58.1 Å². The molecule has 0 saturated heterocycles. The van der Waals surface area contributed by atoms with Gasteiger partial charge in [0.15, 0.2) is 0 Å². The highest BCUT2D eigenvalue weighted by molar-refractivity contribution is 5.50. The molecule has 144 valence electrons. The molecule has 3 aromatic rings. The summed E-state index contributed by atoms with van der Waals surface area (Å²) in [5.74, 6) is 0.724. The third kappa shape index (κ3) is 4.49. The summed E-state index contributed by atoms with van der Waals surface area (Å²) in [6.45, 7) is 6.43. The van der Waals surface area contributed by atoms with Crippen molar-refractivity contribution < 1.29 is 4.74 Å². The molecule has 0 aliphatic carbocycles. The van der Waals surface area contributed by atoms with Crippen molar-refractivity contribution in [1.29, 1.82) is 0 Å². The van der Waals surface area contributed by atoms with E-state index in [0.29, 0.717) is 0 Å². The SMILES string of the molecule is COc1ccc(/C=c2\[nH]c(=O)/c(=C/c3ccc(C(C)(C)C)cc3)[nH]c2=O)cc1. The second-order valence-corrected chi connectivity index (χ2v) is 7.67. The largest absolute Gasteiger partial charge is 0.497 e. The van der Waals surface area contributed by atoms with Crippen LogP contribution in [0.25, 0.3) is 12.2 Å². The van der Waals surface area contributed by atoms with Gasteiger partial charge in [-0.3, -0.25) is 9.59 Å². The molecule has 1 aromatic heterocycles. The van der Waals surface area contributed by atoms with E-state index >= 15 is 0 Å². The molecule has 0 saturated carbocycles. The van der Waals surface area contributed by atoms with E-state index in [1.54, 1.807) is 31.4 Å². The molecule has 2 aromatic carbocycles. The number of benzene rings is 2. The number of rotatable bonds is 3. The lowest BCUT2D eigenvalue weighted by atomic mass is 9.87. The minimum Gasteiger partial charge on any atom is -0.497 e. The molecule has 5 heteroatoms. The first-order valence-corrected chi connectivity index (χ1v) is 9.07. The van der Waals surface area contributed by atoms with E-state index < -0.39 is 0 Å². The number of methoxy groups -OCH3 is 1. The fraction of sp³-hybridized carbons (Fsp3) is 0.217. The first-order valence-electron chi connectivity index (χ1n) is 9.07. The van der Waals surface area contributed by atoms with E-state index in [1.165, 1.54) is 5.56 Å². The predicted molar refractivity (Wildman–Crippen MR) is 112 cm³/mol. The summed E-state index contributed by atoms with van der Waals surface area (Å²) in [4.78, 5) is 30.1. The second-order valence-electron chi connectivity index (χ2n) is 7.67. The number of aromatic nitrogens is 2. The van der Waals surface area contributed by atoms with Gasteiger partial charge in [0.2, 0.25) is 0 Å². The molecule has 0 fully saturated rings. The van der Waals surface area contributed by atoms with Crippen molar-refractivity contribution in [1.82, 2.24) is 9.97 Å². The highest BCUT2D eigenvalue weighted by Crippen LogP contribution is 2.22. The molecule has 1 heterocycles. The lowest BCUT2D eigenvalue weighted by Gasteiger charge is -2.18. The van der Waals surface area contributed by atoms with Gasteiger partial charge >= 0.3 is 0 Å². The Morgan fingerprint density at radius 2 is 1.18 bits per heavy atom. The Bertz CT molecular complexity index is 1190. The van der Waals surface area contributed by atoms with Gasteiger partial charge in [-0.2, -0.15) is 0 Å². The molecular formula is C23H24N2O3. The lowest BCUT2D eigenvalue weighted by molar-refractivity contribution is 0.415. The molecule has 28 heavy (non-hydrogen) atoms. The third-order valence-electron chi connectivity index (χ3n) is 4.50. The zero-order valence-corrected chi connectivity index (χ0v) is 16.5. The normalized spacial score (nSPS) is 13.0. The van der Waals surface area contributed by atoms with Crippen LogP contribution >= 0.6 is 0 Å². The fourth-order valence-corrected chi connectivity index (χ4v) is 2.81. The number of H-pyrrole nitrogens is 2. The lowest BCUT2D eigenvalue weighted by Crippen LogP contribution is -2.46. The van der Waals surface area contributed by atoms with Gasteiger partial charge in [0.05, 0.1) is 7.11 Å². The molecule has 0 aliphatic heterocycles. The average molecular weight is 376 g/mol. The van der Waals surface area contributed by atoms with Crippen LogP contribution < -0.4 is 26.6 Å². The van der Waals surface area contributed by atoms with Crippen LogP contribution in [0.2, 0.25) is 0 Å². The Hall–Kier alpha value is -3.34. The highest BCUT2D eigenvalue weighted by Gasteiger charge is 2.12. The predicted octanol–water partition coefficient (Wildman–Crippen LogP) is 2.03. The van der Waals surface area contributed by atoms with E-state index in [-0.39, 0.29) is 27.2 Å². The Labute approximate surface area is 163 Å². The summed E-state index contributed by atoms with van der Waals surface area (Å²) in [6.07, 6.45) is 3.30. The minimum atomic E-state index is -0.354. The van der Waals surface area contributed by atoms with E-state index in [0.717, 1.165) is 16.9 Å². The van der Waals surface area contributed by atoms with E-state index in [2.05, 4.69) is 30.7 Å². The van der Waals surface area contributed by atoms with Crippen LogP contribution in [0.1, 0.15) is 37.5 Å². The average Bonchev–Trinajstić information content (AvgIpc) is 2.66. The Balaban J connectivity index is 1.99. The number of aromatic amines is 2. The van der Waals surface area contributed by atoms with Gasteiger partial charge < -0.3 is 14.7 Å². The smallest absolute Gasteiger partial charge is 0.272 e. The van der Waals surface area contributed by atoms with Crippen molar-refractivity contribution in [2.24, 2.45) is 0 Å². The molecule has 5 nitrogen and oxygen atoms in total. The van der Waals surface area contributed by atoms with Crippen LogP contribution in [-0.4, -0.2) is 17.1 Å². The Kier molecular flexibility index (Phi) is 5.36. The fourth-order valence-electron chi connectivity index (χ4n) is 2.81. The van der Waals surface area contributed by atoms with E-state index in [9.17, 15) is 9.59 Å². The summed E-state index contributed by atoms with van der Waals surface area (Å²) in [6, 6.07) is 15.2. The van der Waals surface area contributed by atoms with Crippen LogP contribution in [-0.2, 0) is 5.41 Å². The van der Waals surface area contributed by atoms with Crippen LogP contribution in [0.5, 0.6) is 5.75 Å². The second kappa shape index (κ2) is 7.72. The first kappa shape index (κ1) is 19.4. The van der Waals surface area contributed by atoms with Gasteiger partial charge in [-0.1, -0.05) is 57.2 Å². The van der Waals surface area contributed by atoms with Gasteiger partial charge in [-0.25, -0.2) is 0 Å². The quantitative estimate of drug-likeness (QED) is 0.734. The molecule has 2 N–H and O–H groups in total. The van der Waals surface area contributed by atoms with Gasteiger partial charge in [0, 0.05) is 0 Å².